The Kier molecular flexibility index (Phi) is 7.86. The molecule has 0 saturated heterocycles. The highest BCUT2D eigenvalue weighted by molar-refractivity contribution is 5.96. The maximum atomic E-state index is 14.1. The van der Waals surface area contributed by atoms with Gasteiger partial charge < -0.3 is 10.1 Å². The van der Waals surface area contributed by atoms with Crippen molar-refractivity contribution in [2.24, 2.45) is 0 Å². The van der Waals surface area contributed by atoms with E-state index in [1.807, 2.05) is 0 Å². The standard InChI is InChI=1S/C17H12F13NO3/c1-34-11(33)9(31-10(32)8-5-3-2-4-6-8)7-12(18,19)13(20,21)14(22,23)15(24,25)16(26,27)17(28,29)30/h2-6,9H,7H2,1H3,(H,31,32). The molecule has 17 heteroatoms. The van der Waals surface area contributed by atoms with Gasteiger partial charge in [-0.2, -0.15) is 57.1 Å². The maximum Gasteiger partial charge on any atom is 0.460 e. The van der Waals surface area contributed by atoms with Crippen LogP contribution in [-0.4, -0.2) is 60.8 Å². The normalized spacial score (nSPS) is 15.0. The third kappa shape index (κ3) is 4.87. The quantitative estimate of drug-likeness (QED) is 0.361. The van der Waals surface area contributed by atoms with E-state index in [9.17, 15) is 66.7 Å². The lowest BCUT2D eigenvalue weighted by Gasteiger charge is -2.40. The Bertz CT molecular complexity index is 884. The molecule has 0 aliphatic heterocycles. The minimum absolute atomic E-state index is 0.395. The lowest BCUT2D eigenvalue weighted by Crippen LogP contribution is -2.70. The van der Waals surface area contributed by atoms with Crippen molar-refractivity contribution in [3.8, 4) is 0 Å². The molecule has 0 fully saturated rings. The van der Waals surface area contributed by atoms with E-state index in [4.69, 9.17) is 0 Å². The average Bonchev–Trinajstić information content (AvgIpc) is 2.71. The second kappa shape index (κ2) is 9.13. The first-order chi connectivity index (χ1) is 15.1. The van der Waals surface area contributed by atoms with E-state index in [0.29, 0.717) is 7.11 Å². The molecule has 0 bridgehead atoms. The number of benzene rings is 1. The number of methoxy groups -OCH3 is 1. The van der Waals surface area contributed by atoms with E-state index in [0.717, 1.165) is 12.1 Å². The summed E-state index contributed by atoms with van der Waals surface area (Å²) in [5, 5.41) is 1.37. The zero-order valence-corrected chi connectivity index (χ0v) is 16.3. The van der Waals surface area contributed by atoms with Crippen molar-refractivity contribution in [2.45, 2.75) is 48.3 Å². The first-order valence-corrected chi connectivity index (χ1v) is 8.48. The Morgan fingerprint density at radius 3 is 1.62 bits per heavy atom. The summed E-state index contributed by atoms with van der Waals surface area (Å²) in [7, 11) is 0.451. The topological polar surface area (TPSA) is 55.4 Å². The average molecular weight is 525 g/mol. The van der Waals surface area contributed by atoms with Crippen LogP contribution in [0.5, 0.6) is 0 Å². The molecule has 1 unspecified atom stereocenters. The van der Waals surface area contributed by atoms with E-state index in [1.54, 1.807) is 0 Å². The van der Waals surface area contributed by atoms with E-state index >= 15 is 0 Å². The number of alkyl halides is 13. The van der Waals surface area contributed by atoms with Gasteiger partial charge in [0.25, 0.3) is 5.91 Å². The number of nitrogens with one attached hydrogen (secondary N) is 1. The van der Waals surface area contributed by atoms with Gasteiger partial charge in [0.15, 0.2) is 0 Å². The van der Waals surface area contributed by atoms with Gasteiger partial charge in [0.05, 0.1) is 7.11 Å². The number of halogens is 13. The van der Waals surface area contributed by atoms with Crippen LogP contribution in [0.4, 0.5) is 57.1 Å². The molecule has 34 heavy (non-hydrogen) atoms. The Balaban J connectivity index is 3.39. The summed E-state index contributed by atoms with van der Waals surface area (Å²) in [4.78, 5) is 23.6. The highest BCUT2D eigenvalue weighted by Crippen LogP contribution is 2.60. The third-order valence-electron chi connectivity index (χ3n) is 4.29. The van der Waals surface area contributed by atoms with Crippen molar-refractivity contribution in [3.63, 3.8) is 0 Å². The van der Waals surface area contributed by atoms with Crippen LogP contribution in [0.2, 0.25) is 0 Å². The van der Waals surface area contributed by atoms with Gasteiger partial charge in [0.1, 0.15) is 6.04 Å². The predicted molar refractivity (Wildman–Crippen MR) is 85.1 cm³/mol. The van der Waals surface area contributed by atoms with Gasteiger partial charge in [0, 0.05) is 12.0 Å². The summed E-state index contributed by atoms with van der Waals surface area (Å²) in [5.41, 5.74) is -0.395. The highest BCUT2D eigenvalue weighted by atomic mass is 19.4. The molecule has 1 aromatic rings. The Morgan fingerprint density at radius 2 is 1.21 bits per heavy atom. The molecule has 0 saturated carbocycles. The largest absolute Gasteiger partial charge is 0.467 e. The van der Waals surface area contributed by atoms with E-state index in [-0.39, 0.29) is 0 Å². The predicted octanol–water partition coefficient (Wildman–Crippen LogP) is 5.09. The highest BCUT2D eigenvalue weighted by Gasteiger charge is 2.90. The third-order valence-corrected chi connectivity index (χ3v) is 4.29. The minimum Gasteiger partial charge on any atom is -0.467 e. The maximum absolute atomic E-state index is 14.1. The summed E-state index contributed by atoms with van der Waals surface area (Å²) < 4.78 is 176. The van der Waals surface area contributed by atoms with Gasteiger partial charge in [-0.15, -0.1) is 0 Å². The number of hydrogen-bond donors (Lipinski definition) is 1. The number of ether oxygens (including phenoxy) is 1. The van der Waals surface area contributed by atoms with Crippen molar-refractivity contribution in [1.82, 2.24) is 5.32 Å². The van der Waals surface area contributed by atoms with Crippen LogP contribution in [0, 0.1) is 0 Å². The van der Waals surface area contributed by atoms with Gasteiger partial charge in [0.2, 0.25) is 0 Å². The second-order valence-corrected chi connectivity index (χ2v) is 6.62. The Hall–Kier alpha value is -2.75. The Labute approximate surface area is 181 Å². The SMILES string of the molecule is COC(=O)C(CC(F)(F)C(F)(F)C(F)(F)C(F)(F)C(F)(F)C(F)(F)F)NC(=O)c1ccccc1. The molecule has 1 rings (SSSR count). The monoisotopic (exact) mass is 525 g/mol. The molecule has 194 valence electrons. The van der Waals surface area contributed by atoms with Gasteiger partial charge in [-0.05, 0) is 12.1 Å². The van der Waals surface area contributed by atoms with Crippen molar-refractivity contribution < 1.29 is 71.4 Å². The summed E-state index contributed by atoms with van der Waals surface area (Å²) in [6.45, 7) is 0. The van der Waals surface area contributed by atoms with Crippen LogP contribution in [-0.2, 0) is 9.53 Å². The smallest absolute Gasteiger partial charge is 0.460 e. The fraction of sp³-hybridized carbons (Fsp3) is 0.529. The van der Waals surface area contributed by atoms with Gasteiger partial charge in [-0.25, -0.2) is 4.79 Å². The molecule has 0 spiro atoms. The summed E-state index contributed by atoms with van der Waals surface area (Å²) >= 11 is 0. The summed E-state index contributed by atoms with van der Waals surface area (Å²) in [5.74, 6) is -41.5. The minimum atomic E-state index is -8.07. The zero-order valence-electron chi connectivity index (χ0n) is 16.3. The summed E-state index contributed by atoms with van der Waals surface area (Å²) in [6, 6.07) is 2.81. The van der Waals surface area contributed by atoms with Crippen LogP contribution in [0.3, 0.4) is 0 Å². The zero-order chi connectivity index (χ0) is 27.0. The molecule has 0 radical (unpaired) electrons. The van der Waals surface area contributed by atoms with Crippen molar-refractivity contribution >= 4 is 11.9 Å². The number of amides is 1. The molecule has 0 heterocycles. The lowest BCUT2D eigenvalue weighted by molar-refractivity contribution is -0.440. The molecule has 0 aliphatic carbocycles. The Morgan fingerprint density at radius 1 is 0.765 bits per heavy atom. The van der Waals surface area contributed by atoms with Gasteiger partial charge in [-0.3, -0.25) is 4.79 Å². The fourth-order valence-electron chi connectivity index (χ4n) is 2.35. The number of carbonyl (C=O) groups is 2. The summed E-state index contributed by atoms with van der Waals surface area (Å²) in [6.07, 6.45) is -10.5. The lowest BCUT2D eigenvalue weighted by atomic mass is 9.91. The number of esters is 1. The van der Waals surface area contributed by atoms with Crippen LogP contribution in [0.25, 0.3) is 0 Å². The number of carbonyl (C=O) groups excluding carboxylic acids is 2. The van der Waals surface area contributed by atoms with Crippen LogP contribution < -0.4 is 5.32 Å². The first kappa shape index (κ1) is 29.3. The molecule has 1 atom stereocenters. The molecule has 1 amide bonds. The molecule has 1 aromatic carbocycles. The first-order valence-electron chi connectivity index (χ1n) is 8.48. The van der Waals surface area contributed by atoms with Crippen LogP contribution in [0.15, 0.2) is 30.3 Å². The molecular weight excluding hydrogens is 513 g/mol. The number of hydrogen-bond acceptors (Lipinski definition) is 3. The van der Waals surface area contributed by atoms with Gasteiger partial charge >= 0.3 is 41.8 Å². The van der Waals surface area contributed by atoms with Crippen molar-refractivity contribution in [1.29, 1.82) is 0 Å². The molecular formula is C17H12F13NO3. The molecule has 4 nitrogen and oxygen atoms in total. The molecule has 1 N–H and O–H groups in total. The molecule has 0 aliphatic rings. The number of rotatable bonds is 9. The van der Waals surface area contributed by atoms with Crippen LogP contribution >= 0.6 is 0 Å². The van der Waals surface area contributed by atoms with E-state index in [1.165, 1.54) is 23.5 Å². The van der Waals surface area contributed by atoms with E-state index in [2.05, 4.69) is 4.74 Å². The second-order valence-electron chi connectivity index (χ2n) is 6.62. The van der Waals surface area contributed by atoms with Gasteiger partial charge in [-0.1, -0.05) is 18.2 Å². The van der Waals surface area contributed by atoms with Crippen molar-refractivity contribution in [3.05, 3.63) is 35.9 Å². The van der Waals surface area contributed by atoms with Crippen LogP contribution in [0.1, 0.15) is 16.8 Å². The van der Waals surface area contributed by atoms with E-state index < -0.39 is 65.7 Å². The fourth-order valence-corrected chi connectivity index (χ4v) is 2.35. The molecule has 0 aromatic heterocycles. The van der Waals surface area contributed by atoms with Crippen molar-refractivity contribution in [2.75, 3.05) is 7.11 Å².